The Bertz CT molecular complexity index is 248. The van der Waals surface area contributed by atoms with E-state index in [-0.39, 0.29) is 12.4 Å². The van der Waals surface area contributed by atoms with Crippen molar-refractivity contribution < 1.29 is 0 Å². The van der Waals surface area contributed by atoms with Crippen LogP contribution in [0.15, 0.2) is 30.3 Å². The van der Waals surface area contributed by atoms with Gasteiger partial charge in [-0.15, -0.1) is 12.4 Å². The topological polar surface area (TPSA) is 26.0 Å². The number of rotatable bonds is 3. The molecule has 1 aromatic rings. The van der Waals surface area contributed by atoms with E-state index in [2.05, 4.69) is 30.3 Å². The summed E-state index contributed by atoms with van der Waals surface area (Å²) in [6, 6.07) is 10.7. The van der Waals surface area contributed by atoms with Crippen molar-refractivity contribution in [2.45, 2.75) is 12.8 Å². The molecule has 1 fully saturated rings. The molecule has 2 unspecified atom stereocenters. The second kappa shape index (κ2) is 4.64. The van der Waals surface area contributed by atoms with E-state index >= 15 is 0 Å². The van der Waals surface area contributed by atoms with Gasteiger partial charge >= 0.3 is 0 Å². The maximum atomic E-state index is 5.58. The molecule has 13 heavy (non-hydrogen) atoms. The van der Waals surface area contributed by atoms with Crippen LogP contribution in [0.2, 0.25) is 0 Å². The Balaban J connectivity index is 0.000000845. The molecule has 1 saturated carbocycles. The maximum absolute atomic E-state index is 5.58. The van der Waals surface area contributed by atoms with Crippen LogP contribution in [-0.2, 0) is 6.42 Å². The summed E-state index contributed by atoms with van der Waals surface area (Å²) in [5.41, 5.74) is 7.03. The smallest absolute Gasteiger partial charge is 0.00460 e. The molecule has 2 atom stereocenters. The van der Waals surface area contributed by atoms with Gasteiger partial charge in [0, 0.05) is 0 Å². The van der Waals surface area contributed by atoms with Crippen molar-refractivity contribution in [1.82, 2.24) is 0 Å². The van der Waals surface area contributed by atoms with Crippen LogP contribution >= 0.6 is 12.4 Å². The van der Waals surface area contributed by atoms with Gasteiger partial charge in [0.05, 0.1) is 0 Å². The summed E-state index contributed by atoms with van der Waals surface area (Å²) in [7, 11) is 0. The molecule has 2 N–H and O–H groups in total. The lowest BCUT2D eigenvalue weighted by atomic mass is 10.1. The predicted octanol–water partition coefficient (Wildman–Crippen LogP) is 2.25. The van der Waals surface area contributed by atoms with E-state index in [1.807, 2.05) is 0 Å². The van der Waals surface area contributed by atoms with Gasteiger partial charge in [-0.05, 0) is 36.8 Å². The van der Waals surface area contributed by atoms with Gasteiger partial charge in [0.1, 0.15) is 0 Å². The summed E-state index contributed by atoms with van der Waals surface area (Å²) in [6.07, 6.45) is 2.56. The lowest BCUT2D eigenvalue weighted by Gasteiger charge is -1.98. The molecule has 0 amide bonds. The zero-order chi connectivity index (χ0) is 8.39. The van der Waals surface area contributed by atoms with Crippen LogP contribution in [0, 0.1) is 11.8 Å². The van der Waals surface area contributed by atoms with Crippen molar-refractivity contribution in [3.8, 4) is 0 Å². The van der Waals surface area contributed by atoms with Crippen molar-refractivity contribution in [3.63, 3.8) is 0 Å². The number of halogens is 1. The summed E-state index contributed by atoms with van der Waals surface area (Å²) < 4.78 is 0. The largest absolute Gasteiger partial charge is 0.330 e. The van der Waals surface area contributed by atoms with Gasteiger partial charge in [0.2, 0.25) is 0 Å². The number of hydrogen-bond acceptors (Lipinski definition) is 1. The summed E-state index contributed by atoms with van der Waals surface area (Å²) >= 11 is 0. The minimum absolute atomic E-state index is 0. The Morgan fingerprint density at radius 1 is 1.15 bits per heavy atom. The van der Waals surface area contributed by atoms with E-state index in [1.54, 1.807) is 0 Å². The van der Waals surface area contributed by atoms with E-state index in [4.69, 9.17) is 5.73 Å². The van der Waals surface area contributed by atoms with Gasteiger partial charge in [-0.2, -0.15) is 0 Å². The molecule has 72 valence electrons. The average Bonchev–Trinajstić information content (AvgIpc) is 2.85. The first-order valence-corrected chi connectivity index (χ1v) is 4.64. The molecule has 1 nitrogen and oxygen atoms in total. The molecule has 1 aromatic carbocycles. The molecule has 0 radical (unpaired) electrons. The zero-order valence-corrected chi connectivity index (χ0v) is 8.46. The predicted molar refractivity (Wildman–Crippen MR) is 58.0 cm³/mol. The van der Waals surface area contributed by atoms with Crippen molar-refractivity contribution in [2.75, 3.05) is 6.54 Å². The van der Waals surface area contributed by atoms with Crippen molar-refractivity contribution >= 4 is 12.4 Å². The second-order valence-corrected chi connectivity index (χ2v) is 3.68. The molecule has 0 bridgehead atoms. The summed E-state index contributed by atoms with van der Waals surface area (Å²) in [4.78, 5) is 0. The second-order valence-electron chi connectivity index (χ2n) is 3.68. The molecule has 2 heteroatoms. The lowest BCUT2D eigenvalue weighted by Crippen LogP contribution is -2.03. The van der Waals surface area contributed by atoms with Crippen molar-refractivity contribution in [1.29, 1.82) is 0 Å². The van der Waals surface area contributed by atoms with Gasteiger partial charge in [0.25, 0.3) is 0 Å². The molecule has 0 spiro atoms. The molecule has 0 aliphatic heterocycles. The molecule has 2 rings (SSSR count). The van der Waals surface area contributed by atoms with Crippen LogP contribution in [0.1, 0.15) is 12.0 Å². The number of nitrogens with two attached hydrogens (primary N) is 1. The van der Waals surface area contributed by atoms with E-state index in [0.29, 0.717) is 0 Å². The highest BCUT2D eigenvalue weighted by atomic mass is 35.5. The highest BCUT2D eigenvalue weighted by Crippen LogP contribution is 2.39. The summed E-state index contributed by atoms with van der Waals surface area (Å²) in [5, 5.41) is 0. The Labute approximate surface area is 85.7 Å². The van der Waals surface area contributed by atoms with Crippen LogP contribution in [0.5, 0.6) is 0 Å². The summed E-state index contributed by atoms with van der Waals surface area (Å²) in [6.45, 7) is 0.873. The average molecular weight is 198 g/mol. The third-order valence-corrected chi connectivity index (χ3v) is 2.71. The molecular formula is C11H16ClN. The third-order valence-electron chi connectivity index (χ3n) is 2.71. The Morgan fingerprint density at radius 3 is 2.38 bits per heavy atom. The third kappa shape index (κ3) is 2.71. The highest BCUT2D eigenvalue weighted by Gasteiger charge is 2.34. The summed E-state index contributed by atoms with van der Waals surface area (Å²) in [5.74, 6) is 1.68. The molecule has 1 aliphatic rings. The van der Waals surface area contributed by atoms with Crippen LogP contribution in [-0.4, -0.2) is 6.54 Å². The highest BCUT2D eigenvalue weighted by molar-refractivity contribution is 5.85. The fourth-order valence-electron chi connectivity index (χ4n) is 1.77. The van der Waals surface area contributed by atoms with Gasteiger partial charge in [0.15, 0.2) is 0 Å². The Hall–Kier alpha value is -0.530. The first-order valence-electron chi connectivity index (χ1n) is 4.64. The van der Waals surface area contributed by atoms with E-state index in [1.165, 1.54) is 18.4 Å². The molecule has 0 saturated heterocycles. The Morgan fingerprint density at radius 2 is 1.85 bits per heavy atom. The first kappa shape index (κ1) is 10.6. The van der Waals surface area contributed by atoms with Gasteiger partial charge in [-0.1, -0.05) is 30.3 Å². The van der Waals surface area contributed by atoms with Crippen LogP contribution in [0.4, 0.5) is 0 Å². The fourth-order valence-corrected chi connectivity index (χ4v) is 1.77. The van der Waals surface area contributed by atoms with Gasteiger partial charge in [-0.3, -0.25) is 0 Å². The van der Waals surface area contributed by atoms with E-state index in [9.17, 15) is 0 Å². The van der Waals surface area contributed by atoms with Crippen molar-refractivity contribution in [3.05, 3.63) is 35.9 Å². The van der Waals surface area contributed by atoms with Crippen molar-refractivity contribution in [2.24, 2.45) is 17.6 Å². The first-order chi connectivity index (χ1) is 5.90. The normalized spacial score (nSPS) is 25.0. The minimum Gasteiger partial charge on any atom is -0.330 e. The SMILES string of the molecule is Cl.NCC1CC1Cc1ccccc1. The quantitative estimate of drug-likeness (QED) is 0.791. The van der Waals surface area contributed by atoms with Gasteiger partial charge in [-0.25, -0.2) is 0 Å². The van der Waals surface area contributed by atoms with Crippen LogP contribution < -0.4 is 5.73 Å². The van der Waals surface area contributed by atoms with E-state index in [0.717, 1.165) is 18.4 Å². The monoisotopic (exact) mass is 197 g/mol. The minimum atomic E-state index is 0. The fraction of sp³-hybridized carbons (Fsp3) is 0.455. The number of benzene rings is 1. The molecule has 0 aromatic heterocycles. The zero-order valence-electron chi connectivity index (χ0n) is 7.65. The molecule has 0 heterocycles. The Kier molecular flexibility index (Phi) is 3.76. The van der Waals surface area contributed by atoms with Crippen LogP contribution in [0.3, 0.4) is 0 Å². The van der Waals surface area contributed by atoms with Crippen LogP contribution in [0.25, 0.3) is 0 Å². The molecule has 1 aliphatic carbocycles. The molecular weight excluding hydrogens is 182 g/mol. The van der Waals surface area contributed by atoms with Gasteiger partial charge < -0.3 is 5.73 Å². The number of hydrogen-bond donors (Lipinski definition) is 1. The van der Waals surface area contributed by atoms with E-state index < -0.39 is 0 Å². The standard InChI is InChI=1S/C11H15N.ClH/c12-8-11-7-10(11)6-9-4-2-1-3-5-9;/h1-5,10-11H,6-8,12H2;1H. The maximum Gasteiger partial charge on any atom is -0.00460 e. The lowest BCUT2D eigenvalue weighted by molar-refractivity contribution is 0.704.